The SMILES string of the molecule is Cc1nc(CC(C)C)nc2[nH]cc(Br)c12. The van der Waals surface area contributed by atoms with Crippen LogP contribution in [0.1, 0.15) is 25.4 Å². The molecule has 0 spiro atoms. The van der Waals surface area contributed by atoms with Crippen LogP contribution in [-0.2, 0) is 6.42 Å². The molecule has 80 valence electrons. The molecule has 0 amide bonds. The molecule has 1 N–H and O–H groups in total. The lowest BCUT2D eigenvalue weighted by atomic mass is 10.1. The zero-order valence-corrected chi connectivity index (χ0v) is 10.7. The summed E-state index contributed by atoms with van der Waals surface area (Å²) >= 11 is 3.48. The van der Waals surface area contributed by atoms with Crippen molar-refractivity contribution in [1.82, 2.24) is 15.0 Å². The second-order valence-corrected chi connectivity index (χ2v) is 5.04. The lowest BCUT2D eigenvalue weighted by Gasteiger charge is -2.05. The van der Waals surface area contributed by atoms with Gasteiger partial charge in [-0.15, -0.1) is 0 Å². The van der Waals surface area contributed by atoms with Crippen LogP contribution < -0.4 is 0 Å². The van der Waals surface area contributed by atoms with Crippen LogP contribution in [-0.4, -0.2) is 15.0 Å². The van der Waals surface area contributed by atoms with Crippen molar-refractivity contribution in [3.8, 4) is 0 Å². The molecular formula is C11H14BrN3. The van der Waals surface area contributed by atoms with Crippen LogP contribution in [0.15, 0.2) is 10.7 Å². The standard InChI is InChI=1S/C11H14BrN3/c1-6(2)4-9-14-7(3)10-8(12)5-13-11(10)15-9/h5-6H,4H2,1-3H3,(H,13,14,15). The molecule has 0 aliphatic rings. The smallest absolute Gasteiger partial charge is 0.142 e. The first-order valence-corrected chi connectivity index (χ1v) is 5.87. The van der Waals surface area contributed by atoms with E-state index < -0.39 is 0 Å². The molecule has 0 saturated carbocycles. The summed E-state index contributed by atoms with van der Waals surface area (Å²) in [6.45, 7) is 6.37. The van der Waals surface area contributed by atoms with Gasteiger partial charge in [0.1, 0.15) is 11.5 Å². The van der Waals surface area contributed by atoms with Gasteiger partial charge in [-0.05, 0) is 28.8 Å². The Morgan fingerprint density at radius 2 is 2.13 bits per heavy atom. The van der Waals surface area contributed by atoms with E-state index in [2.05, 4.69) is 44.7 Å². The van der Waals surface area contributed by atoms with Crippen molar-refractivity contribution in [3.63, 3.8) is 0 Å². The molecule has 0 atom stereocenters. The monoisotopic (exact) mass is 267 g/mol. The van der Waals surface area contributed by atoms with Crippen LogP contribution in [0.5, 0.6) is 0 Å². The number of rotatable bonds is 2. The summed E-state index contributed by atoms with van der Waals surface area (Å²) in [5.74, 6) is 1.50. The third-order valence-electron chi connectivity index (χ3n) is 2.30. The van der Waals surface area contributed by atoms with Gasteiger partial charge >= 0.3 is 0 Å². The Labute approximate surface area is 97.5 Å². The Morgan fingerprint density at radius 1 is 1.40 bits per heavy atom. The zero-order chi connectivity index (χ0) is 11.0. The lowest BCUT2D eigenvalue weighted by molar-refractivity contribution is 0.621. The molecule has 2 heterocycles. The molecule has 2 aromatic heterocycles. The number of hydrogen-bond donors (Lipinski definition) is 1. The summed E-state index contributed by atoms with van der Waals surface area (Å²) in [4.78, 5) is 12.2. The molecule has 0 fully saturated rings. The summed E-state index contributed by atoms with van der Waals surface area (Å²) < 4.78 is 1.03. The average Bonchev–Trinajstić information content (AvgIpc) is 2.46. The zero-order valence-electron chi connectivity index (χ0n) is 9.13. The number of aryl methyl sites for hydroxylation is 1. The molecule has 0 radical (unpaired) electrons. The van der Waals surface area contributed by atoms with Gasteiger partial charge in [0.2, 0.25) is 0 Å². The van der Waals surface area contributed by atoms with Gasteiger partial charge in [0.15, 0.2) is 0 Å². The van der Waals surface area contributed by atoms with E-state index in [1.165, 1.54) is 0 Å². The van der Waals surface area contributed by atoms with Crippen LogP contribution in [0.25, 0.3) is 11.0 Å². The third-order valence-corrected chi connectivity index (χ3v) is 2.93. The Bertz CT molecular complexity index is 488. The summed E-state index contributed by atoms with van der Waals surface area (Å²) in [6, 6.07) is 0. The van der Waals surface area contributed by atoms with Gasteiger partial charge < -0.3 is 4.98 Å². The van der Waals surface area contributed by atoms with E-state index in [1.807, 2.05) is 13.1 Å². The number of fused-ring (bicyclic) bond motifs is 1. The fourth-order valence-electron chi connectivity index (χ4n) is 1.68. The van der Waals surface area contributed by atoms with Crippen LogP contribution in [0.2, 0.25) is 0 Å². The van der Waals surface area contributed by atoms with Crippen molar-refractivity contribution in [2.45, 2.75) is 27.2 Å². The molecular weight excluding hydrogens is 254 g/mol. The average molecular weight is 268 g/mol. The highest BCUT2D eigenvalue weighted by atomic mass is 79.9. The van der Waals surface area contributed by atoms with E-state index in [0.717, 1.165) is 33.4 Å². The normalized spacial score (nSPS) is 11.5. The first kappa shape index (κ1) is 10.6. The fourth-order valence-corrected chi connectivity index (χ4v) is 2.27. The van der Waals surface area contributed by atoms with Gasteiger partial charge in [0.05, 0.1) is 11.1 Å². The summed E-state index contributed by atoms with van der Waals surface area (Å²) in [7, 11) is 0. The van der Waals surface area contributed by atoms with E-state index in [4.69, 9.17) is 0 Å². The van der Waals surface area contributed by atoms with E-state index in [9.17, 15) is 0 Å². The van der Waals surface area contributed by atoms with Crippen molar-refractivity contribution in [3.05, 3.63) is 22.2 Å². The van der Waals surface area contributed by atoms with Gasteiger partial charge in [-0.3, -0.25) is 0 Å². The van der Waals surface area contributed by atoms with E-state index in [0.29, 0.717) is 5.92 Å². The van der Waals surface area contributed by atoms with Crippen LogP contribution in [0.3, 0.4) is 0 Å². The Kier molecular flexibility index (Phi) is 2.78. The third kappa shape index (κ3) is 2.04. The topological polar surface area (TPSA) is 41.6 Å². The van der Waals surface area contributed by atoms with Crippen LogP contribution >= 0.6 is 15.9 Å². The minimum atomic E-state index is 0.584. The highest BCUT2D eigenvalue weighted by molar-refractivity contribution is 9.10. The predicted octanol–water partition coefficient (Wildman–Crippen LogP) is 3.23. The van der Waals surface area contributed by atoms with E-state index in [-0.39, 0.29) is 0 Å². The second kappa shape index (κ2) is 3.93. The highest BCUT2D eigenvalue weighted by Crippen LogP contribution is 2.24. The van der Waals surface area contributed by atoms with Crippen LogP contribution in [0.4, 0.5) is 0 Å². The predicted molar refractivity (Wildman–Crippen MR) is 64.9 cm³/mol. The molecule has 0 bridgehead atoms. The molecule has 0 aliphatic heterocycles. The van der Waals surface area contributed by atoms with Gasteiger partial charge in [-0.25, -0.2) is 9.97 Å². The Balaban J connectivity index is 2.53. The van der Waals surface area contributed by atoms with Crippen molar-refractivity contribution >= 4 is 27.0 Å². The number of hydrogen-bond acceptors (Lipinski definition) is 2. The molecule has 0 saturated heterocycles. The molecule has 0 aliphatic carbocycles. The first-order chi connectivity index (χ1) is 7.08. The Morgan fingerprint density at radius 3 is 2.80 bits per heavy atom. The molecule has 2 aromatic rings. The van der Waals surface area contributed by atoms with Crippen molar-refractivity contribution in [2.24, 2.45) is 5.92 Å². The second-order valence-electron chi connectivity index (χ2n) is 4.18. The van der Waals surface area contributed by atoms with E-state index >= 15 is 0 Å². The van der Waals surface area contributed by atoms with Gasteiger partial charge in [-0.2, -0.15) is 0 Å². The quantitative estimate of drug-likeness (QED) is 0.908. The van der Waals surface area contributed by atoms with Gasteiger partial charge in [-0.1, -0.05) is 13.8 Å². The molecule has 4 heteroatoms. The molecule has 0 aromatic carbocycles. The molecule has 15 heavy (non-hydrogen) atoms. The number of nitrogens with one attached hydrogen (secondary N) is 1. The summed E-state index contributed by atoms with van der Waals surface area (Å²) in [5.41, 5.74) is 1.95. The van der Waals surface area contributed by atoms with Crippen LogP contribution in [0, 0.1) is 12.8 Å². The maximum Gasteiger partial charge on any atom is 0.142 e. The minimum Gasteiger partial charge on any atom is -0.345 e. The number of aromatic amines is 1. The largest absolute Gasteiger partial charge is 0.345 e. The summed E-state index contributed by atoms with van der Waals surface area (Å²) in [6.07, 6.45) is 2.83. The van der Waals surface area contributed by atoms with Gasteiger partial charge in [0.25, 0.3) is 0 Å². The molecule has 0 unspecified atom stereocenters. The maximum absolute atomic E-state index is 4.51. The number of nitrogens with zero attached hydrogens (tertiary/aromatic N) is 2. The number of H-pyrrole nitrogens is 1. The number of halogens is 1. The molecule has 3 nitrogen and oxygen atoms in total. The summed E-state index contributed by atoms with van der Waals surface area (Å²) in [5, 5.41) is 1.09. The highest BCUT2D eigenvalue weighted by Gasteiger charge is 2.09. The van der Waals surface area contributed by atoms with Crippen molar-refractivity contribution < 1.29 is 0 Å². The molecule has 2 rings (SSSR count). The number of aromatic nitrogens is 3. The fraction of sp³-hybridized carbons (Fsp3) is 0.455. The van der Waals surface area contributed by atoms with Gasteiger partial charge in [0, 0.05) is 17.1 Å². The maximum atomic E-state index is 4.51. The minimum absolute atomic E-state index is 0.584. The van der Waals surface area contributed by atoms with E-state index in [1.54, 1.807) is 0 Å². The first-order valence-electron chi connectivity index (χ1n) is 5.08. The Hall–Kier alpha value is -0.900. The lowest BCUT2D eigenvalue weighted by Crippen LogP contribution is -2.02. The van der Waals surface area contributed by atoms with Crippen molar-refractivity contribution in [1.29, 1.82) is 0 Å². The van der Waals surface area contributed by atoms with Crippen molar-refractivity contribution in [2.75, 3.05) is 0 Å².